The zero-order chi connectivity index (χ0) is 17.1. The molecular formula is C17H25N3O3. The van der Waals surface area contributed by atoms with Crippen LogP contribution in [0.15, 0.2) is 29.4 Å². The van der Waals surface area contributed by atoms with Gasteiger partial charge in [-0.2, -0.15) is 0 Å². The Morgan fingerprint density at radius 1 is 1.26 bits per heavy atom. The zero-order valence-electron chi connectivity index (χ0n) is 14.0. The quantitative estimate of drug-likeness (QED) is 0.439. The van der Waals surface area contributed by atoms with E-state index >= 15 is 0 Å². The highest BCUT2D eigenvalue weighted by atomic mass is 16.6. The van der Waals surface area contributed by atoms with Crippen LogP contribution in [0.25, 0.3) is 0 Å². The number of oxime groups is 1. The Morgan fingerprint density at radius 2 is 1.96 bits per heavy atom. The Bertz CT molecular complexity index is 524. The summed E-state index contributed by atoms with van der Waals surface area (Å²) >= 11 is 0. The maximum atomic E-state index is 11.4. The fourth-order valence-electron chi connectivity index (χ4n) is 1.75. The summed E-state index contributed by atoms with van der Waals surface area (Å²) in [7, 11) is 0. The van der Waals surface area contributed by atoms with Gasteiger partial charge in [-0.3, -0.25) is 10.1 Å². The number of imide groups is 1. The minimum atomic E-state index is -0.536. The van der Waals surface area contributed by atoms with Crippen LogP contribution in [-0.2, 0) is 9.63 Å². The molecule has 0 atom stereocenters. The molecule has 0 aliphatic rings. The first-order valence-electron chi connectivity index (χ1n) is 7.86. The molecule has 0 aliphatic carbocycles. The fourth-order valence-corrected chi connectivity index (χ4v) is 1.75. The molecular weight excluding hydrogens is 294 g/mol. The van der Waals surface area contributed by atoms with Crippen LogP contribution < -0.4 is 10.6 Å². The van der Waals surface area contributed by atoms with E-state index in [1.807, 2.05) is 31.2 Å². The lowest BCUT2D eigenvalue weighted by Gasteiger charge is -2.05. The van der Waals surface area contributed by atoms with E-state index in [9.17, 15) is 9.59 Å². The third-order valence-electron chi connectivity index (χ3n) is 3.14. The van der Waals surface area contributed by atoms with Crippen molar-refractivity contribution >= 4 is 18.2 Å². The maximum Gasteiger partial charge on any atom is 0.321 e. The van der Waals surface area contributed by atoms with Crippen molar-refractivity contribution in [3.05, 3.63) is 35.4 Å². The topological polar surface area (TPSA) is 79.8 Å². The highest BCUT2D eigenvalue weighted by Crippen LogP contribution is 2.13. The Labute approximate surface area is 137 Å². The van der Waals surface area contributed by atoms with Crippen LogP contribution in [0.4, 0.5) is 4.79 Å². The normalized spacial score (nSPS) is 10.8. The lowest BCUT2D eigenvalue weighted by atomic mass is 10.0. The summed E-state index contributed by atoms with van der Waals surface area (Å²) in [5.41, 5.74) is 2.13. The first-order valence-corrected chi connectivity index (χ1v) is 7.86. The van der Waals surface area contributed by atoms with E-state index in [4.69, 9.17) is 4.84 Å². The Morgan fingerprint density at radius 3 is 2.57 bits per heavy atom. The SMILES string of the molecule is CCCCNC(=O)NC(=O)CO/N=C\c1ccc(C(C)C)cc1. The minimum absolute atomic E-state index is 0.304. The number of nitrogens with one attached hydrogen (secondary N) is 2. The third kappa shape index (κ3) is 7.99. The molecule has 0 bridgehead atoms. The lowest BCUT2D eigenvalue weighted by Crippen LogP contribution is -2.41. The van der Waals surface area contributed by atoms with Gasteiger partial charge in [-0.25, -0.2) is 4.79 Å². The van der Waals surface area contributed by atoms with Crippen molar-refractivity contribution in [1.82, 2.24) is 10.6 Å². The molecule has 0 radical (unpaired) electrons. The molecule has 0 fully saturated rings. The molecule has 0 saturated heterocycles. The number of urea groups is 1. The minimum Gasteiger partial charge on any atom is -0.386 e. The van der Waals surface area contributed by atoms with Crippen molar-refractivity contribution in [1.29, 1.82) is 0 Å². The van der Waals surface area contributed by atoms with Gasteiger partial charge in [0, 0.05) is 6.54 Å². The summed E-state index contributed by atoms with van der Waals surface area (Å²) in [4.78, 5) is 27.7. The largest absolute Gasteiger partial charge is 0.386 e. The summed E-state index contributed by atoms with van der Waals surface area (Å²) in [6.07, 6.45) is 3.38. The van der Waals surface area contributed by atoms with Crippen molar-refractivity contribution in [2.24, 2.45) is 5.16 Å². The Hall–Kier alpha value is -2.37. The molecule has 6 nitrogen and oxygen atoms in total. The highest BCUT2D eigenvalue weighted by molar-refractivity contribution is 5.94. The van der Waals surface area contributed by atoms with Crippen LogP contribution in [0.2, 0.25) is 0 Å². The molecule has 3 amide bonds. The summed E-state index contributed by atoms with van der Waals surface area (Å²) in [5, 5.41) is 8.47. The average molecular weight is 319 g/mol. The number of hydrogen-bond donors (Lipinski definition) is 2. The monoisotopic (exact) mass is 319 g/mol. The smallest absolute Gasteiger partial charge is 0.321 e. The molecule has 126 valence electrons. The van der Waals surface area contributed by atoms with Gasteiger partial charge in [0.05, 0.1) is 6.21 Å². The van der Waals surface area contributed by atoms with Gasteiger partial charge in [0.2, 0.25) is 0 Å². The molecule has 2 N–H and O–H groups in total. The lowest BCUT2D eigenvalue weighted by molar-refractivity contribution is -0.124. The van der Waals surface area contributed by atoms with Gasteiger partial charge in [0.1, 0.15) is 0 Å². The number of unbranched alkanes of at least 4 members (excludes halogenated alkanes) is 1. The van der Waals surface area contributed by atoms with Gasteiger partial charge in [0.15, 0.2) is 6.61 Å². The van der Waals surface area contributed by atoms with E-state index in [-0.39, 0.29) is 6.61 Å². The van der Waals surface area contributed by atoms with Crippen molar-refractivity contribution in [3.8, 4) is 0 Å². The van der Waals surface area contributed by atoms with Crippen LogP contribution in [0.1, 0.15) is 50.7 Å². The van der Waals surface area contributed by atoms with E-state index in [1.54, 1.807) is 0 Å². The fraction of sp³-hybridized carbons (Fsp3) is 0.471. The van der Waals surface area contributed by atoms with Gasteiger partial charge >= 0.3 is 6.03 Å². The number of benzene rings is 1. The highest BCUT2D eigenvalue weighted by Gasteiger charge is 2.06. The Balaban J connectivity index is 2.27. The molecule has 0 heterocycles. The molecule has 0 aliphatic heterocycles. The van der Waals surface area contributed by atoms with Gasteiger partial charge in [0.25, 0.3) is 5.91 Å². The van der Waals surface area contributed by atoms with Crippen molar-refractivity contribution in [3.63, 3.8) is 0 Å². The molecule has 6 heteroatoms. The van der Waals surface area contributed by atoms with Crippen LogP contribution in [0.5, 0.6) is 0 Å². The number of hydrogen-bond acceptors (Lipinski definition) is 4. The summed E-state index contributed by atoms with van der Waals surface area (Å²) in [6, 6.07) is 7.41. The first kappa shape index (κ1) is 18.7. The van der Waals surface area contributed by atoms with Gasteiger partial charge in [-0.15, -0.1) is 0 Å². The zero-order valence-corrected chi connectivity index (χ0v) is 14.0. The predicted molar refractivity (Wildman–Crippen MR) is 90.5 cm³/mol. The van der Waals surface area contributed by atoms with Crippen LogP contribution in [0.3, 0.4) is 0 Å². The Kier molecular flexibility index (Phi) is 8.42. The van der Waals surface area contributed by atoms with Crippen LogP contribution in [0, 0.1) is 0 Å². The molecule has 0 saturated carbocycles. The first-order chi connectivity index (χ1) is 11.0. The van der Waals surface area contributed by atoms with E-state index in [1.165, 1.54) is 11.8 Å². The van der Waals surface area contributed by atoms with Crippen molar-refractivity contribution in [2.75, 3.05) is 13.2 Å². The molecule has 1 aromatic rings. The molecule has 1 aromatic carbocycles. The number of amides is 3. The van der Waals surface area contributed by atoms with E-state index < -0.39 is 11.9 Å². The summed E-state index contributed by atoms with van der Waals surface area (Å²) < 4.78 is 0. The van der Waals surface area contributed by atoms with E-state index in [0.29, 0.717) is 12.5 Å². The maximum absolute atomic E-state index is 11.4. The van der Waals surface area contributed by atoms with E-state index in [0.717, 1.165) is 18.4 Å². The molecule has 0 aromatic heterocycles. The summed E-state index contributed by atoms with van der Waals surface area (Å²) in [6.45, 7) is 6.52. The standard InChI is InChI=1S/C17H25N3O3/c1-4-5-10-18-17(22)20-16(21)12-23-19-11-14-6-8-15(9-7-14)13(2)3/h6-9,11,13H,4-5,10,12H2,1-3H3,(H2,18,20,21,22)/b19-11-. The average Bonchev–Trinajstić information content (AvgIpc) is 2.52. The number of nitrogens with zero attached hydrogens (tertiary/aromatic N) is 1. The van der Waals surface area contributed by atoms with E-state index in [2.05, 4.69) is 29.6 Å². The second-order valence-corrected chi connectivity index (χ2v) is 5.49. The molecule has 0 unspecified atom stereocenters. The third-order valence-corrected chi connectivity index (χ3v) is 3.14. The summed E-state index contributed by atoms with van der Waals surface area (Å²) in [5.74, 6) is -0.0595. The van der Waals surface area contributed by atoms with Crippen LogP contribution in [-0.4, -0.2) is 31.3 Å². The van der Waals surface area contributed by atoms with Gasteiger partial charge in [-0.1, -0.05) is 56.6 Å². The number of carbonyl (C=O) groups excluding carboxylic acids is 2. The second kappa shape index (κ2) is 10.4. The molecule has 1 rings (SSSR count). The second-order valence-electron chi connectivity index (χ2n) is 5.49. The van der Waals surface area contributed by atoms with Crippen molar-refractivity contribution < 1.29 is 14.4 Å². The molecule has 23 heavy (non-hydrogen) atoms. The van der Waals surface area contributed by atoms with Crippen LogP contribution >= 0.6 is 0 Å². The van der Waals surface area contributed by atoms with Gasteiger partial charge in [-0.05, 0) is 23.5 Å². The number of carbonyl (C=O) groups is 2. The van der Waals surface area contributed by atoms with Gasteiger partial charge < -0.3 is 10.2 Å². The molecule has 0 spiro atoms. The number of rotatable bonds is 8. The predicted octanol–water partition coefficient (Wildman–Crippen LogP) is 2.79. The van der Waals surface area contributed by atoms with Crippen molar-refractivity contribution in [2.45, 2.75) is 39.5 Å².